The summed E-state index contributed by atoms with van der Waals surface area (Å²) < 4.78 is 18.7. The minimum Gasteiger partial charge on any atom is -0.436 e. The Kier molecular flexibility index (Phi) is 3.35. The molecule has 0 fully saturated rings. The summed E-state index contributed by atoms with van der Waals surface area (Å²) in [6.45, 7) is 1.86. The van der Waals surface area contributed by atoms with Gasteiger partial charge in [-0.25, -0.2) is 9.37 Å². The van der Waals surface area contributed by atoms with Gasteiger partial charge in [0.1, 0.15) is 0 Å². The van der Waals surface area contributed by atoms with Crippen LogP contribution in [-0.4, -0.2) is 4.98 Å². The minimum absolute atomic E-state index is 0.110. The number of benzene rings is 1. The third-order valence-corrected chi connectivity index (χ3v) is 2.34. The van der Waals surface area contributed by atoms with Gasteiger partial charge in [0.2, 0.25) is 5.88 Å². The number of nitrogens with zero attached hydrogens (tertiary/aromatic N) is 1. The van der Waals surface area contributed by atoms with Crippen molar-refractivity contribution in [3.8, 4) is 11.6 Å². The van der Waals surface area contributed by atoms with Gasteiger partial charge in [-0.2, -0.15) is 0 Å². The third-order valence-electron chi connectivity index (χ3n) is 2.34. The lowest BCUT2D eigenvalue weighted by molar-refractivity contribution is 0.426. The molecule has 0 aliphatic rings. The van der Waals surface area contributed by atoms with Crippen LogP contribution in [0.25, 0.3) is 0 Å². The van der Waals surface area contributed by atoms with Crippen LogP contribution >= 0.6 is 0 Å². The molecule has 1 aromatic heterocycles. The molecule has 2 aromatic rings. The van der Waals surface area contributed by atoms with Crippen molar-refractivity contribution < 1.29 is 9.13 Å². The molecule has 0 bridgehead atoms. The fourth-order valence-corrected chi connectivity index (χ4v) is 1.40. The van der Waals surface area contributed by atoms with E-state index in [-0.39, 0.29) is 11.8 Å². The van der Waals surface area contributed by atoms with Gasteiger partial charge in [0.05, 0.1) is 0 Å². The summed E-state index contributed by atoms with van der Waals surface area (Å²) in [5.41, 5.74) is 6.64. The first-order chi connectivity index (χ1) is 8.16. The van der Waals surface area contributed by atoms with Crippen molar-refractivity contribution in [1.29, 1.82) is 0 Å². The Morgan fingerprint density at radius 1 is 1.29 bits per heavy atom. The van der Waals surface area contributed by atoms with Crippen molar-refractivity contribution in [1.82, 2.24) is 4.98 Å². The summed E-state index contributed by atoms with van der Waals surface area (Å²) in [6.07, 6.45) is 1.59. The molecule has 4 heteroatoms. The Labute approximate surface area is 99.1 Å². The Hall–Kier alpha value is -1.94. The highest BCUT2D eigenvalue weighted by Crippen LogP contribution is 2.23. The molecule has 1 atom stereocenters. The molecule has 0 spiro atoms. The van der Waals surface area contributed by atoms with E-state index in [1.54, 1.807) is 36.5 Å². The van der Waals surface area contributed by atoms with Gasteiger partial charge >= 0.3 is 0 Å². The number of hydrogen-bond donors (Lipinski definition) is 1. The van der Waals surface area contributed by atoms with Gasteiger partial charge in [-0.3, -0.25) is 0 Å². The Morgan fingerprint density at radius 2 is 2.06 bits per heavy atom. The lowest BCUT2D eigenvalue weighted by atomic mass is 10.1. The quantitative estimate of drug-likeness (QED) is 0.884. The van der Waals surface area contributed by atoms with Gasteiger partial charge in [-0.15, -0.1) is 0 Å². The van der Waals surface area contributed by atoms with Crippen molar-refractivity contribution in [3.63, 3.8) is 0 Å². The van der Waals surface area contributed by atoms with E-state index in [1.807, 2.05) is 6.92 Å². The molecule has 2 N–H and O–H groups in total. The van der Waals surface area contributed by atoms with E-state index in [0.717, 1.165) is 5.56 Å². The fourth-order valence-electron chi connectivity index (χ4n) is 1.40. The molecule has 2 rings (SSSR count). The maximum atomic E-state index is 13.4. The normalized spacial score (nSPS) is 12.2. The van der Waals surface area contributed by atoms with Crippen LogP contribution in [0.15, 0.2) is 42.6 Å². The summed E-state index contributed by atoms with van der Waals surface area (Å²) in [6, 6.07) is 9.60. The zero-order valence-corrected chi connectivity index (χ0v) is 9.43. The standard InChI is InChI=1S/C13H13FN2O/c1-9(15)10-6-7-16-13(8-10)17-12-5-3-2-4-11(12)14/h2-9H,15H2,1H3/t9-/m0/s1. The van der Waals surface area contributed by atoms with Crippen molar-refractivity contribution in [2.24, 2.45) is 5.73 Å². The average Bonchev–Trinajstić information content (AvgIpc) is 2.32. The molecule has 3 nitrogen and oxygen atoms in total. The van der Waals surface area contributed by atoms with Crippen molar-refractivity contribution in [2.45, 2.75) is 13.0 Å². The van der Waals surface area contributed by atoms with Crippen LogP contribution in [-0.2, 0) is 0 Å². The molecule has 1 aromatic carbocycles. The van der Waals surface area contributed by atoms with Gasteiger partial charge in [0.15, 0.2) is 11.6 Å². The summed E-state index contributed by atoms with van der Waals surface area (Å²) in [5.74, 6) is 0.0761. The van der Waals surface area contributed by atoms with Gasteiger partial charge < -0.3 is 10.5 Å². The van der Waals surface area contributed by atoms with Gasteiger partial charge in [-0.05, 0) is 30.7 Å². The van der Waals surface area contributed by atoms with Crippen molar-refractivity contribution >= 4 is 0 Å². The summed E-state index contributed by atoms with van der Waals surface area (Å²) in [7, 11) is 0. The largest absolute Gasteiger partial charge is 0.436 e. The van der Waals surface area contributed by atoms with E-state index in [4.69, 9.17) is 10.5 Å². The Balaban J connectivity index is 2.25. The fraction of sp³-hybridized carbons (Fsp3) is 0.154. The first kappa shape index (κ1) is 11.5. The molecule has 0 aliphatic carbocycles. The van der Waals surface area contributed by atoms with Crippen LogP contribution in [0.1, 0.15) is 18.5 Å². The number of nitrogens with two attached hydrogens (primary N) is 1. The number of pyridine rings is 1. The smallest absolute Gasteiger partial charge is 0.219 e. The molecule has 1 heterocycles. The highest BCUT2D eigenvalue weighted by molar-refractivity contribution is 5.30. The topological polar surface area (TPSA) is 48.1 Å². The van der Waals surface area contributed by atoms with Crippen LogP contribution < -0.4 is 10.5 Å². The van der Waals surface area contributed by atoms with Crippen LogP contribution in [0.5, 0.6) is 11.6 Å². The molecule has 0 saturated heterocycles. The van der Waals surface area contributed by atoms with Gasteiger partial charge in [-0.1, -0.05) is 12.1 Å². The summed E-state index contributed by atoms with van der Waals surface area (Å²) in [4.78, 5) is 4.01. The lowest BCUT2D eigenvalue weighted by Gasteiger charge is -2.09. The second kappa shape index (κ2) is 4.93. The number of rotatable bonds is 3. The molecular weight excluding hydrogens is 219 g/mol. The highest BCUT2D eigenvalue weighted by Gasteiger charge is 2.06. The average molecular weight is 232 g/mol. The van der Waals surface area contributed by atoms with Crippen molar-refractivity contribution in [2.75, 3.05) is 0 Å². The molecule has 0 radical (unpaired) electrons. The van der Waals surface area contributed by atoms with E-state index in [9.17, 15) is 4.39 Å². The number of halogens is 1. The number of para-hydroxylation sites is 1. The molecule has 0 amide bonds. The van der Waals surface area contributed by atoms with E-state index in [2.05, 4.69) is 4.98 Å². The molecule has 0 saturated carbocycles. The molecular formula is C13H13FN2O. The van der Waals surface area contributed by atoms with Crippen LogP contribution in [0.4, 0.5) is 4.39 Å². The molecule has 0 unspecified atom stereocenters. The van der Waals surface area contributed by atoms with E-state index >= 15 is 0 Å². The SMILES string of the molecule is C[C@H](N)c1ccnc(Oc2ccccc2F)c1. The summed E-state index contributed by atoms with van der Waals surface area (Å²) >= 11 is 0. The second-order valence-electron chi connectivity index (χ2n) is 3.75. The predicted molar refractivity (Wildman–Crippen MR) is 63.3 cm³/mol. The van der Waals surface area contributed by atoms with Crippen LogP contribution in [0.3, 0.4) is 0 Å². The third kappa shape index (κ3) is 2.79. The number of hydrogen-bond acceptors (Lipinski definition) is 3. The van der Waals surface area contributed by atoms with E-state index in [0.29, 0.717) is 5.88 Å². The molecule has 0 aliphatic heterocycles. The number of ether oxygens (including phenoxy) is 1. The predicted octanol–water partition coefficient (Wildman–Crippen LogP) is 3.03. The molecule has 88 valence electrons. The van der Waals surface area contributed by atoms with Gasteiger partial charge in [0, 0.05) is 18.3 Å². The summed E-state index contributed by atoms with van der Waals surface area (Å²) in [5, 5.41) is 0. The first-order valence-electron chi connectivity index (χ1n) is 5.31. The van der Waals surface area contributed by atoms with Crippen LogP contribution in [0.2, 0.25) is 0 Å². The van der Waals surface area contributed by atoms with Crippen molar-refractivity contribution in [3.05, 3.63) is 54.0 Å². The zero-order chi connectivity index (χ0) is 12.3. The van der Waals surface area contributed by atoms with Crippen LogP contribution in [0, 0.1) is 5.82 Å². The lowest BCUT2D eigenvalue weighted by Crippen LogP contribution is -2.05. The first-order valence-corrected chi connectivity index (χ1v) is 5.31. The highest BCUT2D eigenvalue weighted by atomic mass is 19.1. The number of aromatic nitrogens is 1. The molecule has 17 heavy (non-hydrogen) atoms. The van der Waals surface area contributed by atoms with E-state index < -0.39 is 5.82 Å². The monoisotopic (exact) mass is 232 g/mol. The minimum atomic E-state index is -0.416. The second-order valence-corrected chi connectivity index (χ2v) is 3.75. The maximum absolute atomic E-state index is 13.4. The maximum Gasteiger partial charge on any atom is 0.219 e. The van der Waals surface area contributed by atoms with Gasteiger partial charge in [0.25, 0.3) is 0 Å². The Morgan fingerprint density at radius 3 is 2.76 bits per heavy atom. The zero-order valence-electron chi connectivity index (χ0n) is 9.43. The van der Waals surface area contributed by atoms with E-state index in [1.165, 1.54) is 6.07 Å². The Bertz CT molecular complexity index is 514.